The molecule has 206 valence electrons. The van der Waals surface area contributed by atoms with Crippen LogP contribution in [0.1, 0.15) is 33.3 Å². The molecule has 3 aromatic rings. The van der Waals surface area contributed by atoms with Crippen LogP contribution in [0.3, 0.4) is 0 Å². The van der Waals surface area contributed by atoms with Gasteiger partial charge < -0.3 is 9.64 Å². The second-order valence-corrected chi connectivity index (χ2v) is 11.5. The van der Waals surface area contributed by atoms with Crippen LogP contribution in [0, 0.1) is 6.92 Å². The van der Waals surface area contributed by atoms with Crippen molar-refractivity contribution in [3.8, 4) is 0 Å². The highest BCUT2D eigenvalue weighted by molar-refractivity contribution is 7.91. The molecule has 3 heterocycles. The third kappa shape index (κ3) is 5.71. The lowest BCUT2D eigenvalue weighted by Gasteiger charge is -2.30. The third-order valence-corrected chi connectivity index (χ3v) is 8.60. The van der Waals surface area contributed by atoms with Gasteiger partial charge in [0.25, 0.3) is 0 Å². The van der Waals surface area contributed by atoms with Crippen LogP contribution in [-0.4, -0.2) is 50.9 Å². The minimum Gasteiger partial charge on any atom is -0.378 e. The normalized spacial score (nSPS) is 18.0. The van der Waals surface area contributed by atoms with Gasteiger partial charge in [0.15, 0.2) is 9.84 Å². The van der Waals surface area contributed by atoms with E-state index in [0.29, 0.717) is 43.9 Å². The summed E-state index contributed by atoms with van der Waals surface area (Å²) in [5.74, 6) is 0.505. The molecular weight excluding hydrogens is 557 g/mol. The fraction of sp³-hybridized carbons (Fsp3) is 0.320. The van der Waals surface area contributed by atoms with E-state index in [1.54, 1.807) is 6.21 Å². The lowest BCUT2D eigenvalue weighted by molar-refractivity contribution is -0.137. The largest absolute Gasteiger partial charge is 0.417 e. The van der Waals surface area contributed by atoms with Gasteiger partial charge >= 0.3 is 6.18 Å². The predicted octanol–water partition coefficient (Wildman–Crippen LogP) is 4.32. The van der Waals surface area contributed by atoms with Crippen molar-refractivity contribution < 1.29 is 26.3 Å². The standard InChI is InChI=1S/C25H24ClF3N6O3S/c1-15-3-2-4-16(11-15)13-31-34-24-32-20-14-30-23(21(20)22(33-24)35-7-9-38-10-8-35)39(36,37)17-5-6-19(26)18(12-17)25(27,28)29/h2-6,11-13,23,30H,7-10,14H2,1H3,(H,32,33,34)/b31-13+. The Morgan fingerprint density at radius 2 is 1.95 bits per heavy atom. The number of aromatic nitrogens is 2. The Labute approximate surface area is 228 Å². The van der Waals surface area contributed by atoms with E-state index < -0.39 is 36.9 Å². The lowest BCUT2D eigenvalue weighted by atomic mass is 10.2. The summed E-state index contributed by atoms with van der Waals surface area (Å²) >= 11 is 5.72. The molecule has 39 heavy (non-hydrogen) atoms. The van der Waals surface area contributed by atoms with Crippen molar-refractivity contribution in [3.63, 3.8) is 0 Å². The maximum absolute atomic E-state index is 13.7. The quantitative estimate of drug-likeness (QED) is 0.328. The first-order valence-corrected chi connectivity index (χ1v) is 13.9. The van der Waals surface area contributed by atoms with Crippen LogP contribution in [0.5, 0.6) is 0 Å². The molecule has 5 rings (SSSR count). The number of hydrogen-bond donors (Lipinski definition) is 2. The summed E-state index contributed by atoms with van der Waals surface area (Å²) in [5.41, 5.74) is 4.21. The zero-order chi connectivity index (χ0) is 27.8. The summed E-state index contributed by atoms with van der Waals surface area (Å²) in [7, 11) is -4.34. The Bertz CT molecular complexity index is 1530. The van der Waals surface area contributed by atoms with Crippen molar-refractivity contribution in [1.82, 2.24) is 15.3 Å². The Balaban J connectivity index is 1.52. The minimum atomic E-state index is -4.81. The number of nitrogens with one attached hydrogen (secondary N) is 2. The summed E-state index contributed by atoms with van der Waals surface area (Å²) in [6, 6.07) is 10.3. The van der Waals surface area contributed by atoms with Crippen molar-refractivity contribution in [2.24, 2.45) is 5.10 Å². The number of nitrogens with zero attached hydrogens (tertiary/aromatic N) is 4. The zero-order valence-corrected chi connectivity index (χ0v) is 22.2. The Hall–Kier alpha value is -3.26. The van der Waals surface area contributed by atoms with Gasteiger partial charge in [0.2, 0.25) is 5.95 Å². The van der Waals surface area contributed by atoms with Gasteiger partial charge in [0.1, 0.15) is 11.2 Å². The van der Waals surface area contributed by atoms with E-state index >= 15 is 0 Å². The number of alkyl halides is 3. The van der Waals surface area contributed by atoms with E-state index in [0.717, 1.165) is 23.3 Å². The summed E-state index contributed by atoms with van der Waals surface area (Å²) < 4.78 is 73.1. The molecule has 0 spiro atoms. The second kappa shape index (κ2) is 10.7. The van der Waals surface area contributed by atoms with Crippen molar-refractivity contribution in [2.75, 3.05) is 36.6 Å². The maximum atomic E-state index is 13.7. The molecule has 1 unspecified atom stereocenters. The molecule has 1 saturated heterocycles. The first kappa shape index (κ1) is 27.3. The number of ether oxygens (including phenoxy) is 1. The van der Waals surface area contributed by atoms with Gasteiger partial charge in [0, 0.05) is 19.6 Å². The van der Waals surface area contributed by atoms with Gasteiger partial charge in [-0.05, 0) is 30.7 Å². The molecule has 2 aliphatic heterocycles. The van der Waals surface area contributed by atoms with Gasteiger partial charge in [-0.15, -0.1) is 0 Å². The smallest absolute Gasteiger partial charge is 0.378 e. The number of aryl methyl sites for hydroxylation is 1. The van der Waals surface area contributed by atoms with Crippen molar-refractivity contribution in [1.29, 1.82) is 0 Å². The number of hydrogen-bond acceptors (Lipinski definition) is 9. The lowest BCUT2D eigenvalue weighted by Crippen LogP contribution is -2.38. The molecule has 0 aliphatic carbocycles. The molecule has 0 saturated carbocycles. The van der Waals surface area contributed by atoms with Crippen LogP contribution in [0.15, 0.2) is 52.5 Å². The fourth-order valence-electron chi connectivity index (χ4n) is 4.48. The number of sulfone groups is 1. The summed E-state index contributed by atoms with van der Waals surface area (Å²) in [4.78, 5) is 10.4. The molecule has 0 amide bonds. The number of hydrazone groups is 1. The first-order valence-electron chi connectivity index (χ1n) is 12.0. The monoisotopic (exact) mass is 580 g/mol. The third-order valence-electron chi connectivity index (χ3n) is 6.33. The van der Waals surface area contributed by atoms with E-state index in [9.17, 15) is 21.6 Å². The molecule has 9 nitrogen and oxygen atoms in total. The number of halogens is 4. The van der Waals surface area contributed by atoms with E-state index in [2.05, 4.69) is 25.8 Å². The average molecular weight is 581 g/mol. The Kier molecular flexibility index (Phi) is 7.51. The van der Waals surface area contributed by atoms with Crippen molar-refractivity contribution >= 4 is 39.4 Å². The molecule has 2 N–H and O–H groups in total. The van der Waals surface area contributed by atoms with E-state index in [4.69, 9.17) is 16.3 Å². The summed E-state index contributed by atoms with van der Waals surface area (Å²) in [5, 5.41) is 5.17. The molecule has 1 fully saturated rings. The Morgan fingerprint density at radius 3 is 2.67 bits per heavy atom. The number of rotatable bonds is 6. The van der Waals surface area contributed by atoms with Crippen LogP contribution in [0.4, 0.5) is 24.9 Å². The van der Waals surface area contributed by atoms with E-state index in [1.165, 1.54) is 0 Å². The number of anilines is 2. The second-order valence-electron chi connectivity index (χ2n) is 9.06. The minimum absolute atomic E-state index is 0.0646. The van der Waals surface area contributed by atoms with Gasteiger partial charge in [-0.2, -0.15) is 23.3 Å². The molecule has 2 aromatic carbocycles. The van der Waals surface area contributed by atoms with Crippen LogP contribution in [-0.2, 0) is 27.3 Å². The maximum Gasteiger partial charge on any atom is 0.417 e. The number of fused-ring (bicyclic) bond motifs is 1. The average Bonchev–Trinajstić information content (AvgIpc) is 3.33. The fourth-order valence-corrected chi connectivity index (χ4v) is 6.37. The molecule has 0 bridgehead atoms. The highest BCUT2D eigenvalue weighted by Crippen LogP contribution is 2.41. The predicted molar refractivity (Wildman–Crippen MR) is 141 cm³/mol. The summed E-state index contributed by atoms with van der Waals surface area (Å²) in [6.07, 6.45) is -3.20. The topological polar surface area (TPSA) is 109 Å². The highest BCUT2D eigenvalue weighted by Gasteiger charge is 2.41. The van der Waals surface area contributed by atoms with E-state index in [-0.39, 0.29) is 18.1 Å². The van der Waals surface area contributed by atoms with Crippen LogP contribution in [0.2, 0.25) is 5.02 Å². The molecule has 0 radical (unpaired) electrons. The SMILES string of the molecule is Cc1cccc(/C=N/Nc2nc3c(c(N4CCOCC4)n2)C(S(=O)(=O)c2ccc(Cl)c(C(F)(F)F)c2)NC3)c1. The van der Waals surface area contributed by atoms with Crippen LogP contribution < -0.4 is 15.6 Å². The van der Waals surface area contributed by atoms with Gasteiger partial charge in [-0.3, -0.25) is 5.32 Å². The van der Waals surface area contributed by atoms with Crippen LogP contribution >= 0.6 is 11.6 Å². The molecule has 2 aliphatic rings. The van der Waals surface area contributed by atoms with Crippen LogP contribution in [0.25, 0.3) is 0 Å². The number of benzene rings is 2. The van der Waals surface area contributed by atoms with Gasteiger partial charge in [-0.25, -0.2) is 18.8 Å². The Morgan fingerprint density at radius 1 is 1.18 bits per heavy atom. The molecule has 1 aromatic heterocycles. The zero-order valence-electron chi connectivity index (χ0n) is 20.7. The first-order chi connectivity index (χ1) is 18.5. The number of morpholine rings is 1. The highest BCUT2D eigenvalue weighted by atomic mass is 35.5. The molecular formula is C25H24ClF3N6O3S. The van der Waals surface area contributed by atoms with Crippen molar-refractivity contribution in [2.45, 2.75) is 29.9 Å². The molecule has 14 heteroatoms. The van der Waals surface area contributed by atoms with Crippen molar-refractivity contribution in [3.05, 3.63) is 75.4 Å². The van der Waals surface area contributed by atoms with Gasteiger partial charge in [0.05, 0.1) is 46.2 Å². The molecule has 1 atom stereocenters. The van der Waals surface area contributed by atoms with E-state index in [1.807, 2.05) is 36.1 Å². The van der Waals surface area contributed by atoms with Gasteiger partial charge in [-0.1, -0.05) is 41.4 Å². The summed E-state index contributed by atoms with van der Waals surface area (Å²) in [6.45, 7) is 3.74.